The van der Waals surface area contributed by atoms with E-state index >= 15 is 0 Å². The van der Waals surface area contributed by atoms with Crippen molar-refractivity contribution < 1.29 is 14.4 Å². The molecule has 0 heterocycles. The molecule has 0 amide bonds. The number of nitro benzene ring substituents is 1. The first-order valence-corrected chi connectivity index (χ1v) is 6.44. The van der Waals surface area contributed by atoms with Crippen molar-refractivity contribution in [3.8, 4) is 0 Å². The van der Waals surface area contributed by atoms with Gasteiger partial charge in [-0.15, -0.1) is 0 Å². The van der Waals surface area contributed by atoms with Crippen LogP contribution in [0.15, 0.2) is 48.5 Å². The van der Waals surface area contributed by atoms with E-state index in [0.29, 0.717) is 11.1 Å². The zero-order chi connectivity index (χ0) is 15.2. The smallest absolute Gasteiger partial charge is 0.273 e. The maximum Gasteiger partial charge on any atom is 0.273 e. The number of nitro groups is 1. The molecular formula is C15H15FN2O3. The second-order valence-electron chi connectivity index (χ2n) is 4.56. The zero-order valence-corrected chi connectivity index (χ0v) is 11.2. The van der Waals surface area contributed by atoms with Crippen LogP contribution < -0.4 is 5.32 Å². The number of benzene rings is 2. The van der Waals surface area contributed by atoms with Gasteiger partial charge in [0.2, 0.25) is 0 Å². The Morgan fingerprint density at radius 3 is 2.67 bits per heavy atom. The highest BCUT2D eigenvalue weighted by Crippen LogP contribution is 2.19. The van der Waals surface area contributed by atoms with Gasteiger partial charge in [0.25, 0.3) is 5.69 Å². The van der Waals surface area contributed by atoms with Crippen molar-refractivity contribution in [2.75, 3.05) is 6.61 Å². The molecule has 0 saturated carbocycles. The van der Waals surface area contributed by atoms with E-state index in [9.17, 15) is 19.6 Å². The summed E-state index contributed by atoms with van der Waals surface area (Å²) in [5, 5.41) is 23.3. The SMILES string of the molecule is O=[N+]([O-])c1ccccc1CN[C@H](CO)c1cccc(F)c1. The molecule has 21 heavy (non-hydrogen) atoms. The molecule has 0 aliphatic carbocycles. The molecule has 0 spiro atoms. The van der Waals surface area contributed by atoms with Gasteiger partial charge in [-0.05, 0) is 17.7 Å². The summed E-state index contributed by atoms with van der Waals surface area (Å²) in [6, 6.07) is 11.8. The first-order valence-electron chi connectivity index (χ1n) is 6.44. The largest absolute Gasteiger partial charge is 0.394 e. The summed E-state index contributed by atoms with van der Waals surface area (Å²) in [5.74, 6) is -0.390. The minimum Gasteiger partial charge on any atom is -0.394 e. The second-order valence-corrected chi connectivity index (χ2v) is 4.56. The van der Waals surface area contributed by atoms with Gasteiger partial charge in [0, 0.05) is 18.2 Å². The van der Waals surface area contributed by atoms with E-state index in [1.165, 1.54) is 18.2 Å². The van der Waals surface area contributed by atoms with Gasteiger partial charge in [0.15, 0.2) is 0 Å². The summed E-state index contributed by atoms with van der Waals surface area (Å²) in [6.07, 6.45) is 0. The highest BCUT2D eigenvalue weighted by atomic mass is 19.1. The molecule has 2 rings (SSSR count). The quantitative estimate of drug-likeness (QED) is 0.633. The minimum atomic E-state index is -0.486. The lowest BCUT2D eigenvalue weighted by atomic mass is 10.1. The van der Waals surface area contributed by atoms with Crippen LogP contribution in [-0.4, -0.2) is 16.6 Å². The lowest BCUT2D eigenvalue weighted by Gasteiger charge is -2.16. The summed E-state index contributed by atoms with van der Waals surface area (Å²) >= 11 is 0. The third kappa shape index (κ3) is 3.84. The number of aliphatic hydroxyl groups is 1. The number of aliphatic hydroxyl groups excluding tert-OH is 1. The van der Waals surface area contributed by atoms with Gasteiger partial charge in [-0.25, -0.2) is 4.39 Å². The third-order valence-electron chi connectivity index (χ3n) is 3.16. The molecule has 0 radical (unpaired) electrons. The van der Waals surface area contributed by atoms with Crippen LogP contribution in [0.4, 0.5) is 10.1 Å². The molecule has 110 valence electrons. The Labute approximate surface area is 121 Å². The highest BCUT2D eigenvalue weighted by molar-refractivity contribution is 5.39. The van der Waals surface area contributed by atoms with E-state index in [-0.39, 0.29) is 18.8 Å². The fourth-order valence-electron chi connectivity index (χ4n) is 2.08. The van der Waals surface area contributed by atoms with E-state index in [1.807, 2.05) is 0 Å². The van der Waals surface area contributed by atoms with Gasteiger partial charge < -0.3 is 10.4 Å². The van der Waals surface area contributed by atoms with Crippen molar-refractivity contribution >= 4 is 5.69 Å². The summed E-state index contributed by atoms with van der Waals surface area (Å²) in [4.78, 5) is 10.5. The Bertz CT molecular complexity index is 634. The van der Waals surface area contributed by atoms with Crippen molar-refractivity contribution in [1.82, 2.24) is 5.32 Å². The highest BCUT2D eigenvalue weighted by Gasteiger charge is 2.15. The molecule has 2 aromatic carbocycles. The Morgan fingerprint density at radius 1 is 1.24 bits per heavy atom. The zero-order valence-electron chi connectivity index (χ0n) is 11.2. The first kappa shape index (κ1) is 15.1. The van der Waals surface area contributed by atoms with Crippen molar-refractivity contribution in [1.29, 1.82) is 0 Å². The summed E-state index contributed by atoms with van der Waals surface area (Å²) in [6.45, 7) is -0.0248. The number of para-hydroxylation sites is 1. The number of nitrogens with zero attached hydrogens (tertiary/aromatic N) is 1. The molecule has 1 atom stereocenters. The van der Waals surface area contributed by atoms with Crippen molar-refractivity contribution in [3.63, 3.8) is 0 Å². The number of hydrogen-bond acceptors (Lipinski definition) is 4. The summed E-state index contributed by atoms with van der Waals surface area (Å²) in [5.41, 5.74) is 1.12. The molecule has 6 heteroatoms. The van der Waals surface area contributed by atoms with Gasteiger partial charge in [-0.2, -0.15) is 0 Å². The number of halogens is 1. The maximum absolute atomic E-state index is 13.2. The first-order chi connectivity index (χ1) is 10.1. The average molecular weight is 290 g/mol. The molecule has 0 saturated heterocycles. The fraction of sp³-hybridized carbons (Fsp3) is 0.200. The molecule has 2 aromatic rings. The molecule has 2 N–H and O–H groups in total. The monoisotopic (exact) mass is 290 g/mol. The van der Waals surface area contributed by atoms with Crippen LogP contribution in [0.2, 0.25) is 0 Å². The van der Waals surface area contributed by atoms with Crippen LogP contribution in [0.25, 0.3) is 0 Å². The topological polar surface area (TPSA) is 75.4 Å². The molecule has 0 bridgehead atoms. The van der Waals surface area contributed by atoms with Gasteiger partial charge in [0.05, 0.1) is 17.6 Å². The number of rotatable bonds is 6. The van der Waals surface area contributed by atoms with Crippen LogP contribution in [0.1, 0.15) is 17.2 Å². The Morgan fingerprint density at radius 2 is 2.00 bits per heavy atom. The molecule has 5 nitrogen and oxygen atoms in total. The average Bonchev–Trinajstić information content (AvgIpc) is 2.48. The van der Waals surface area contributed by atoms with Crippen molar-refractivity contribution in [2.24, 2.45) is 0 Å². The van der Waals surface area contributed by atoms with E-state index < -0.39 is 16.8 Å². The predicted molar refractivity (Wildman–Crippen MR) is 76.2 cm³/mol. The van der Waals surface area contributed by atoms with Crippen molar-refractivity contribution in [3.05, 3.63) is 75.6 Å². The van der Waals surface area contributed by atoms with Gasteiger partial charge >= 0.3 is 0 Å². The fourth-order valence-corrected chi connectivity index (χ4v) is 2.08. The Kier molecular flexibility index (Phi) is 4.97. The predicted octanol–water partition coefficient (Wildman–Crippen LogP) is 2.56. The second kappa shape index (κ2) is 6.92. The standard InChI is InChI=1S/C15H15FN2O3/c16-13-6-3-5-11(8-13)14(10-19)17-9-12-4-1-2-7-15(12)18(20)21/h1-8,14,17,19H,9-10H2/t14-/m1/s1. The summed E-state index contributed by atoms with van der Waals surface area (Å²) in [7, 11) is 0. The molecule has 0 aliphatic rings. The molecule has 0 aliphatic heterocycles. The van der Waals surface area contributed by atoms with Gasteiger partial charge in [-0.1, -0.05) is 30.3 Å². The Hall–Kier alpha value is -2.31. The number of hydrogen-bond donors (Lipinski definition) is 2. The van der Waals surface area contributed by atoms with E-state index in [0.717, 1.165) is 0 Å². The lowest BCUT2D eigenvalue weighted by molar-refractivity contribution is -0.385. The molecular weight excluding hydrogens is 275 g/mol. The van der Waals surface area contributed by atoms with E-state index in [1.54, 1.807) is 30.3 Å². The minimum absolute atomic E-state index is 0.0148. The molecule has 0 fully saturated rings. The molecule has 0 unspecified atom stereocenters. The molecule has 0 aromatic heterocycles. The van der Waals surface area contributed by atoms with E-state index in [2.05, 4.69) is 5.32 Å². The third-order valence-corrected chi connectivity index (χ3v) is 3.16. The van der Waals surface area contributed by atoms with Crippen LogP contribution in [0, 0.1) is 15.9 Å². The van der Waals surface area contributed by atoms with Gasteiger partial charge in [0.1, 0.15) is 5.82 Å². The van der Waals surface area contributed by atoms with E-state index in [4.69, 9.17) is 0 Å². The normalized spacial score (nSPS) is 12.1. The van der Waals surface area contributed by atoms with Crippen LogP contribution in [0.3, 0.4) is 0 Å². The number of nitrogens with one attached hydrogen (secondary N) is 1. The van der Waals surface area contributed by atoms with Crippen LogP contribution >= 0.6 is 0 Å². The maximum atomic E-state index is 13.2. The van der Waals surface area contributed by atoms with Crippen LogP contribution in [-0.2, 0) is 6.54 Å². The summed E-state index contributed by atoms with van der Waals surface area (Å²) < 4.78 is 13.2. The van der Waals surface area contributed by atoms with Crippen LogP contribution in [0.5, 0.6) is 0 Å². The lowest BCUT2D eigenvalue weighted by Crippen LogP contribution is -2.24. The van der Waals surface area contributed by atoms with Crippen molar-refractivity contribution in [2.45, 2.75) is 12.6 Å². The van der Waals surface area contributed by atoms with Gasteiger partial charge in [-0.3, -0.25) is 10.1 Å². The Balaban J connectivity index is 2.12.